The summed E-state index contributed by atoms with van der Waals surface area (Å²) in [7, 11) is 0. The highest BCUT2D eigenvalue weighted by atomic mass is 19.1. The SMILES string of the molecule is CC1CCC(CNc2ccc(N3CCCC3)c(F)c2)O1. The minimum atomic E-state index is -0.127. The van der Waals surface area contributed by atoms with Crippen LogP contribution in [-0.4, -0.2) is 31.8 Å². The molecule has 1 N–H and O–H groups in total. The third-order valence-corrected chi connectivity index (χ3v) is 4.25. The molecule has 4 heteroatoms. The average molecular weight is 278 g/mol. The second-order valence-electron chi connectivity index (χ2n) is 5.89. The zero-order chi connectivity index (χ0) is 13.9. The molecule has 3 nitrogen and oxygen atoms in total. The van der Waals surface area contributed by atoms with E-state index in [1.165, 1.54) is 0 Å². The standard InChI is InChI=1S/C16H23FN2O/c1-12-4-6-14(20-12)11-18-13-5-7-16(15(17)10-13)19-8-2-3-9-19/h5,7,10,12,14,18H,2-4,6,8-9,11H2,1H3. The van der Waals surface area contributed by atoms with Gasteiger partial charge in [0.05, 0.1) is 17.9 Å². The Labute approximate surface area is 120 Å². The molecule has 2 saturated heterocycles. The van der Waals surface area contributed by atoms with Gasteiger partial charge in [0, 0.05) is 25.3 Å². The minimum Gasteiger partial charge on any atom is -0.382 e. The number of nitrogens with zero attached hydrogens (tertiary/aromatic N) is 1. The summed E-state index contributed by atoms with van der Waals surface area (Å²) < 4.78 is 19.9. The summed E-state index contributed by atoms with van der Waals surface area (Å²) in [4.78, 5) is 2.13. The molecule has 2 heterocycles. The lowest BCUT2D eigenvalue weighted by Gasteiger charge is -2.19. The lowest BCUT2D eigenvalue weighted by Crippen LogP contribution is -2.21. The Balaban J connectivity index is 1.58. The van der Waals surface area contributed by atoms with Gasteiger partial charge in [-0.1, -0.05) is 0 Å². The van der Waals surface area contributed by atoms with Crippen LogP contribution in [0.15, 0.2) is 18.2 Å². The molecule has 2 fully saturated rings. The fraction of sp³-hybridized carbons (Fsp3) is 0.625. The van der Waals surface area contributed by atoms with Crippen LogP contribution in [0.4, 0.5) is 15.8 Å². The van der Waals surface area contributed by atoms with Crippen LogP contribution in [0.2, 0.25) is 0 Å². The van der Waals surface area contributed by atoms with Crippen molar-refractivity contribution in [2.24, 2.45) is 0 Å². The highest BCUT2D eigenvalue weighted by Crippen LogP contribution is 2.26. The summed E-state index contributed by atoms with van der Waals surface area (Å²) in [6.45, 7) is 4.80. The van der Waals surface area contributed by atoms with E-state index in [9.17, 15) is 4.39 Å². The third-order valence-electron chi connectivity index (χ3n) is 4.25. The zero-order valence-electron chi connectivity index (χ0n) is 12.1. The molecule has 1 aromatic rings. The molecule has 0 radical (unpaired) electrons. The molecule has 2 aliphatic rings. The fourth-order valence-corrected chi connectivity index (χ4v) is 3.10. The molecule has 0 saturated carbocycles. The number of anilines is 2. The maximum atomic E-state index is 14.2. The number of benzene rings is 1. The van der Waals surface area contributed by atoms with Crippen LogP contribution in [-0.2, 0) is 4.74 Å². The quantitative estimate of drug-likeness (QED) is 0.913. The largest absolute Gasteiger partial charge is 0.382 e. The molecule has 2 unspecified atom stereocenters. The van der Waals surface area contributed by atoms with Crippen LogP contribution < -0.4 is 10.2 Å². The van der Waals surface area contributed by atoms with Gasteiger partial charge in [-0.15, -0.1) is 0 Å². The van der Waals surface area contributed by atoms with Crippen LogP contribution in [0.3, 0.4) is 0 Å². The summed E-state index contributed by atoms with van der Waals surface area (Å²) in [6.07, 6.45) is 5.15. The van der Waals surface area contributed by atoms with Crippen molar-refractivity contribution in [3.05, 3.63) is 24.0 Å². The van der Waals surface area contributed by atoms with E-state index < -0.39 is 0 Å². The number of hydrogen-bond donors (Lipinski definition) is 1. The Morgan fingerprint density at radius 2 is 2.10 bits per heavy atom. The molecular formula is C16H23FN2O. The Hall–Kier alpha value is -1.29. The van der Waals surface area contributed by atoms with Crippen molar-refractivity contribution < 1.29 is 9.13 Å². The van der Waals surface area contributed by atoms with E-state index in [0.29, 0.717) is 6.10 Å². The van der Waals surface area contributed by atoms with Crippen LogP contribution in [0, 0.1) is 5.82 Å². The summed E-state index contributed by atoms with van der Waals surface area (Å²) >= 11 is 0. The predicted molar refractivity (Wildman–Crippen MR) is 79.9 cm³/mol. The van der Waals surface area contributed by atoms with Crippen molar-refractivity contribution >= 4 is 11.4 Å². The van der Waals surface area contributed by atoms with Crippen LogP contribution >= 0.6 is 0 Å². The summed E-state index contributed by atoms with van der Waals surface area (Å²) in [5, 5.41) is 3.28. The second-order valence-corrected chi connectivity index (χ2v) is 5.89. The first kappa shape index (κ1) is 13.7. The first-order chi connectivity index (χ1) is 9.72. The fourth-order valence-electron chi connectivity index (χ4n) is 3.10. The first-order valence-electron chi connectivity index (χ1n) is 7.66. The molecule has 0 aliphatic carbocycles. The topological polar surface area (TPSA) is 24.5 Å². The molecule has 1 aromatic carbocycles. The lowest BCUT2D eigenvalue weighted by atomic mass is 10.2. The number of ether oxygens (including phenoxy) is 1. The predicted octanol–water partition coefficient (Wildman–Crippen LogP) is 3.41. The molecule has 2 atom stereocenters. The Kier molecular flexibility index (Phi) is 4.10. The van der Waals surface area contributed by atoms with Gasteiger partial charge in [0.15, 0.2) is 0 Å². The molecule has 0 spiro atoms. The highest BCUT2D eigenvalue weighted by molar-refractivity contribution is 5.56. The van der Waals surface area contributed by atoms with Gasteiger partial charge in [-0.25, -0.2) is 4.39 Å². The summed E-state index contributed by atoms with van der Waals surface area (Å²) in [6, 6.07) is 5.46. The Bertz CT molecular complexity index is 460. The van der Waals surface area contributed by atoms with E-state index in [0.717, 1.165) is 56.7 Å². The summed E-state index contributed by atoms with van der Waals surface area (Å²) in [5.41, 5.74) is 1.58. The van der Waals surface area contributed by atoms with Gasteiger partial charge in [-0.2, -0.15) is 0 Å². The van der Waals surface area contributed by atoms with E-state index in [4.69, 9.17) is 4.74 Å². The van der Waals surface area contributed by atoms with E-state index in [1.54, 1.807) is 6.07 Å². The number of rotatable bonds is 4. The van der Waals surface area contributed by atoms with E-state index in [2.05, 4.69) is 17.1 Å². The van der Waals surface area contributed by atoms with Gasteiger partial charge in [0.2, 0.25) is 0 Å². The van der Waals surface area contributed by atoms with E-state index >= 15 is 0 Å². The molecule has 0 aromatic heterocycles. The molecule has 0 bridgehead atoms. The highest BCUT2D eigenvalue weighted by Gasteiger charge is 2.21. The van der Waals surface area contributed by atoms with Gasteiger partial charge in [-0.05, 0) is 50.8 Å². The van der Waals surface area contributed by atoms with Gasteiger partial charge < -0.3 is 15.0 Å². The van der Waals surface area contributed by atoms with Gasteiger partial charge >= 0.3 is 0 Å². The van der Waals surface area contributed by atoms with Gasteiger partial charge in [-0.3, -0.25) is 0 Å². The minimum absolute atomic E-state index is 0.127. The third kappa shape index (κ3) is 3.06. The van der Waals surface area contributed by atoms with Crippen LogP contribution in [0.1, 0.15) is 32.6 Å². The zero-order valence-corrected chi connectivity index (χ0v) is 12.1. The van der Waals surface area contributed by atoms with Crippen molar-refractivity contribution in [3.8, 4) is 0 Å². The van der Waals surface area contributed by atoms with Crippen molar-refractivity contribution in [1.82, 2.24) is 0 Å². The van der Waals surface area contributed by atoms with Crippen LogP contribution in [0.25, 0.3) is 0 Å². The average Bonchev–Trinajstić information content (AvgIpc) is 3.08. The molecule has 20 heavy (non-hydrogen) atoms. The smallest absolute Gasteiger partial charge is 0.148 e. The molecule has 2 aliphatic heterocycles. The Morgan fingerprint density at radius 3 is 2.75 bits per heavy atom. The number of nitrogens with one attached hydrogen (secondary N) is 1. The van der Waals surface area contributed by atoms with Gasteiger partial charge in [0.1, 0.15) is 5.82 Å². The van der Waals surface area contributed by atoms with E-state index in [-0.39, 0.29) is 11.9 Å². The Morgan fingerprint density at radius 1 is 1.30 bits per heavy atom. The van der Waals surface area contributed by atoms with Crippen molar-refractivity contribution in [3.63, 3.8) is 0 Å². The molecular weight excluding hydrogens is 255 g/mol. The van der Waals surface area contributed by atoms with E-state index in [1.807, 2.05) is 12.1 Å². The number of hydrogen-bond acceptors (Lipinski definition) is 3. The maximum Gasteiger partial charge on any atom is 0.148 e. The van der Waals surface area contributed by atoms with Crippen molar-refractivity contribution in [1.29, 1.82) is 0 Å². The first-order valence-corrected chi connectivity index (χ1v) is 7.66. The molecule has 3 rings (SSSR count). The van der Waals surface area contributed by atoms with Crippen molar-refractivity contribution in [2.45, 2.75) is 44.8 Å². The summed E-state index contributed by atoms with van der Waals surface area (Å²) in [5.74, 6) is -0.127. The lowest BCUT2D eigenvalue weighted by molar-refractivity contribution is 0.0637. The second kappa shape index (κ2) is 6.00. The maximum absolute atomic E-state index is 14.2. The van der Waals surface area contributed by atoms with Crippen LogP contribution in [0.5, 0.6) is 0 Å². The monoisotopic (exact) mass is 278 g/mol. The van der Waals surface area contributed by atoms with Gasteiger partial charge in [0.25, 0.3) is 0 Å². The normalized spacial score (nSPS) is 26.2. The molecule has 110 valence electrons. The number of halogens is 1. The molecule has 0 amide bonds. The van der Waals surface area contributed by atoms with Crippen molar-refractivity contribution in [2.75, 3.05) is 29.9 Å².